The Morgan fingerprint density at radius 2 is 2.17 bits per heavy atom. The summed E-state index contributed by atoms with van der Waals surface area (Å²) in [6.07, 6.45) is 1.14. The summed E-state index contributed by atoms with van der Waals surface area (Å²) in [4.78, 5) is 10.9. The van der Waals surface area contributed by atoms with Crippen molar-refractivity contribution < 1.29 is 18.3 Å². The Bertz CT molecular complexity index is 451. The minimum absolute atomic E-state index is 0.113. The molecule has 0 spiro atoms. The third-order valence-corrected chi connectivity index (χ3v) is 3.03. The van der Waals surface area contributed by atoms with Crippen molar-refractivity contribution in [1.82, 2.24) is 5.32 Å². The van der Waals surface area contributed by atoms with Gasteiger partial charge >= 0.3 is 5.97 Å². The van der Waals surface area contributed by atoms with E-state index < -0.39 is 11.6 Å². The molecule has 1 aliphatic rings. The van der Waals surface area contributed by atoms with Crippen molar-refractivity contribution in [3.63, 3.8) is 0 Å². The summed E-state index contributed by atoms with van der Waals surface area (Å²) < 4.78 is 31.2. The van der Waals surface area contributed by atoms with E-state index in [9.17, 15) is 13.6 Å². The van der Waals surface area contributed by atoms with E-state index in [0.717, 1.165) is 12.5 Å². The van der Waals surface area contributed by atoms with Crippen molar-refractivity contribution in [3.05, 3.63) is 35.4 Å². The van der Waals surface area contributed by atoms with Gasteiger partial charge in [0.15, 0.2) is 11.6 Å². The standard InChI is InChI=1S/C13H15F2NO2/c1-8(17)18-10-4-5-16-13(7-10)9-2-3-11(14)12(15)6-9/h2-3,6,10,13,16H,4-5,7H2,1H3. The predicted octanol–water partition coefficient (Wildman–Crippen LogP) is 2.32. The molecule has 18 heavy (non-hydrogen) atoms. The van der Waals surface area contributed by atoms with Gasteiger partial charge in [0.05, 0.1) is 0 Å². The van der Waals surface area contributed by atoms with Gasteiger partial charge in [0.2, 0.25) is 0 Å². The molecule has 2 rings (SSSR count). The molecule has 0 bridgehead atoms. The molecule has 0 aliphatic carbocycles. The van der Waals surface area contributed by atoms with Gasteiger partial charge in [0.1, 0.15) is 6.10 Å². The summed E-state index contributed by atoms with van der Waals surface area (Å²) in [5, 5.41) is 3.20. The lowest BCUT2D eigenvalue weighted by molar-refractivity contribution is -0.147. The zero-order valence-corrected chi connectivity index (χ0v) is 10.1. The number of halogens is 2. The molecule has 2 unspecified atom stereocenters. The summed E-state index contributed by atoms with van der Waals surface area (Å²) in [6.45, 7) is 2.05. The molecule has 98 valence electrons. The fourth-order valence-corrected chi connectivity index (χ4v) is 2.21. The van der Waals surface area contributed by atoms with Crippen molar-refractivity contribution in [1.29, 1.82) is 0 Å². The van der Waals surface area contributed by atoms with Crippen LogP contribution in [0.3, 0.4) is 0 Å². The lowest BCUT2D eigenvalue weighted by Crippen LogP contribution is -2.36. The van der Waals surface area contributed by atoms with Crippen LogP contribution in [-0.4, -0.2) is 18.6 Å². The van der Waals surface area contributed by atoms with Crippen LogP contribution in [0.25, 0.3) is 0 Å². The van der Waals surface area contributed by atoms with Crippen molar-refractivity contribution in [3.8, 4) is 0 Å². The van der Waals surface area contributed by atoms with Crippen molar-refractivity contribution >= 4 is 5.97 Å². The smallest absolute Gasteiger partial charge is 0.302 e. The van der Waals surface area contributed by atoms with Crippen LogP contribution in [0.1, 0.15) is 31.4 Å². The van der Waals surface area contributed by atoms with Crippen LogP contribution in [0.15, 0.2) is 18.2 Å². The maximum Gasteiger partial charge on any atom is 0.302 e. The van der Waals surface area contributed by atoms with Gasteiger partial charge in [0, 0.05) is 19.4 Å². The molecule has 0 amide bonds. The van der Waals surface area contributed by atoms with E-state index >= 15 is 0 Å². The van der Waals surface area contributed by atoms with E-state index in [4.69, 9.17) is 4.74 Å². The molecule has 1 N–H and O–H groups in total. The predicted molar refractivity (Wildman–Crippen MR) is 61.9 cm³/mol. The molecule has 1 heterocycles. The Balaban J connectivity index is 2.08. The first-order valence-corrected chi connectivity index (χ1v) is 5.92. The van der Waals surface area contributed by atoms with Gasteiger partial charge in [-0.1, -0.05) is 6.07 Å². The van der Waals surface area contributed by atoms with Crippen LogP contribution in [0.5, 0.6) is 0 Å². The second-order valence-electron chi connectivity index (χ2n) is 4.44. The molecule has 1 fully saturated rings. The maximum absolute atomic E-state index is 13.2. The summed E-state index contributed by atoms with van der Waals surface area (Å²) in [6, 6.07) is 3.73. The minimum atomic E-state index is -0.857. The van der Waals surface area contributed by atoms with Gasteiger partial charge < -0.3 is 10.1 Å². The Labute approximate surface area is 104 Å². The highest BCUT2D eigenvalue weighted by Gasteiger charge is 2.25. The van der Waals surface area contributed by atoms with E-state index in [-0.39, 0.29) is 18.1 Å². The first-order chi connectivity index (χ1) is 8.56. The molecule has 3 nitrogen and oxygen atoms in total. The maximum atomic E-state index is 13.2. The van der Waals surface area contributed by atoms with Gasteiger partial charge in [0.25, 0.3) is 0 Å². The first-order valence-electron chi connectivity index (χ1n) is 5.92. The van der Waals surface area contributed by atoms with Gasteiger partial charge in [-0.05, 0) is 30.7 Å². The van der Waals surface area contributed by atoms with Crippen LogP contribution >= 0.6 is 0 Å². The Morgan fingerprint density at radius 1 is 1.39 bits per heavy atom. The van der Waals surface area contributed by atoms with Gasteiger partial charge in [-0.25, -0.2) is 8.78 Å². The summed E-state index contributed by atoms with van der Waals surface area (Å²) in [5.41, 5.74) is 0.672. The number of rotatable bonds is 2. The van der Waals surface area contributed by atoms with Crippen LogP contribution in [0.2, 0.25) is 0 Å². The summed E-state index contributed by atoms with van der Waals surface area (Å²) in [7, 11) is 0. The number of carbonyl (C=O) groups excluding carboxylic acids is 1. The topological polar surface area (TPSA) is 38.3 Å². The lowest BCUT2D eigenvalue weighted by atomic mass is 9.95. The van der Waals surface area contributed by atoms with Crippen molar-refractivity contribution in [2.24, 2.45) is 0 Å². The molecule has 1 aromatic carbocycles. The van der Waals surface area contributed by atoms with Crippen molar-refractivity contribution in [2.45, 2.75) is 31.9 Å². The molecule has 0 saturated carbocycles. The van der Waals surface area contributed by atoms with Crippen LogP contribution in [0.4, 0.5) is 8.78 Å². The largest absolute Gasteiger partial charge is 0.462 e. The molecule has 1 aromatic rings. The molecular weight excluding hydrogens is 240 g/mol. The first kappa shape index (κ1) is 13.0. The zero-order chi connectivity index (χ0) is 13.1. The fraction of sp³-hybridized carbons (Fsp3) is 0.462. The number of benzene rings is 1. The molecule has 5 heteroatoms. The highest BCUT2D eigenvalue weighted by molar-refractivity contribution is 5.66. The number of ether oxygens (including phenoxy) is 1. The monoisotopic (exact) mass is 255 g/mol. The van der Waals surface area contributed by atoms with E-state index in [1.165, 1.54) is 13.0 Å². The zero-order valence-electron chi connectivity index (χ0n) is 10.1. The summed E-state index contributed by atoms with van der Waals surface area (Å²) >= 11 is 0. The summed E-state index contributed by atoms with van der Waals surface area (Å²) in [5.74, 6) is -2.03. The number of carbonyl (C=O) groups is 1. The Kier molecular flexibility index (Phi) is 3.91. The number of hydrogen-bond acceptors (Lipinski definition) is 3. The second-order valence-corrected chi connectivity index (χ2v) is 4.44. The van der Waals surface area contributed by atoms with Crippen LogP contribution in [0, 0.1) is 11.6 Å². The highest BCUT2D eigenvalue weighted by Crippen LogP contribution is 2.26. The number of nitrogens with one attached hydrogen (secondary N) is 1. The second kappa shape index (κ2) is 5.44. The van der Waals surface area contributed by atoms with Gasteiger partial charge in [-0.2, -0.15) is 0 Å². The van der Waals surface area contributed by atoms with Gasteiger partial charge in [-0.3, -0.25) is 4.79 Å². The van der Waals surface area contributed by atoms with E-state index in [0.29, 0.717) is 18.5 Å². The van der Waals surface area contributed by atoms with E-state index in [1.807, 2.05) is 0 Å². The minimum Gasteiger partial charge on any atom is -0.462 e. The van der Waals surface area contributed by atoms with E-state index in [2.05, 4.69) is 5.32 Å². The molecule has 0 radical (unpaired) electrons. The SMILES string of the molecule is CC(=O)OC1CCNC(c2ccc(F)c(F)c2)C1. The Morgan fingerprint density at radius 3 is 2.83 bits per heavy atom. The molecular formula is C13H15F2NO2. The van der Waals surface area contributed by atoms with E-state index in [1.54, 1.807) is 6.07 Å². The number of piperidine rings is 1. The average molecular weight is 255 g/mol. The quantitative estimate of drug-likeness (QED) is 0.824. The molecule has 1 aliphatic heterocycles. The molecule has 1 saturated heterocycles. The number of esters is 1. The van der Waals surface area contributed by atoms with Crippen molar-refractivity contribution in [2.75, 3.05) is 6.54 Å². The van der Waals surface area contributed by atoms with Gasteiger partial charge in [-0.15, -0.1) is 0 Å². The third kappa shape index (κ3) is 3.04. The number of hydrogen-bond donors (Lipinski definition) is 1. The normalized spacial score (nSPS) is 23.7. The van der Waals surface area contributed by atoms with Crippen LogP contribution < -0.4 is 5.32 Å². The third-order valence-electron chi connectivity index (χ3n) is 3.03. The average Bonchev–Trinajstić information content (AvgIpc) is 2.32. The van der Waals surface area contributed by atoms with Crippen LogP contribution in [-0.2, 0) is 9.53 Å². The highest BCUT2D eigenvalue weighted by atomic mass is 19.2. The Hall–Kier alpha value is -1.49. The lowest BCUT2D eigenvalue weighted by Gasteiger charge is -2.30. The fourth-order valence-electron chi connectivity index (χ4n) is 2.21. The molecule has 0 aromatic heterocycles. The molecule has 2 atom stereocenters.